The van der Waals surface area contributed by atoms with Crippen LogP contribution in [-0.4, -0.2) is 30.9 Å². The third-order valence-corrected chi connectivity index (χ3v) is 6.28. The molecule has 0 radical (unpaired) electrons. The summed E-state index contributed by atoms with van der Waals surface area (Å²) in [5.74, 6) is -0.185. The van der Waals surface area contributed by atoms with Gasteiger partial charge in [-0.05, 0) is 49.3 Å². The average molecular weight is 315 g/mol. The first-order valence-electron chi connectivity index (χ1n) is 7.23. The highest BCUT2D eigenvalue weighted by atomic mass is 32.2. The summed E-state index contributed by atoms with van der Waals surface area (Å²) < 4.78 is 40.4. The van der Waals surface area contributed by atoms with Crippen LogP contribution in [0.25, 0.3) is 0 Å². The Morgan fingerprint density at radius 2 is 1.90 bits per heavy atom. The number of sulfonamides is 1. The maximum Gasteiger partial charge on any atom is 0.245 e. The highest BCUT2D eigenvalue weighted by Gasteiger charge is 2.32. The SMILES string of the molecule is CC1CCC(N(C)S(=O)(=O)c2ccc(CO)cc2F)CC1. The molecule has 1 aromatic rings. The standard InChI is InChI=1S/C15H22FNO3S/c1-11-3-6-13(7-4-11)17(2)21(19,20)15-8-5-12(10-18)9-14(15)16/h5,8-9,11,13,18H,3-4,6-7,10H2,1-2H3. The minimum absolute atomic E-state index is 0.0666. The molecule has 21 heavy (non-hydrogen) atoms. The number of aliphatic hydroxyl groups excluding tert-OH is 1. The van der Waals surface area contributed by atoms with Gasteiger partial charge in [0.1, 0.15) is 10.7 Å². The van der Waals surface area contributed by atoms with Gasteiger partial charge in [-0.1, -0.05) is 13.0 Å². The lowest BCUT2D eigenvalue weighted by Gasteiger charge is -2.32. The monoisotopic (exact) mass is 315 g/mol. The summed E-state index contributed by atoms with van der Waals surface area (Å²) in [6, 6.07) is 3.68. The second-order valence-corrected chi connectivity index (χ2v) is 7.82. The Kier molecular flexibility index (Phi) is 5.01. The van der Waals surface area contributed by atoms with Crippen molar-refractivity contribution in [3.8, 4) is 0 Å². The Balaban J connectivity index is 2.25. The molecule has 0 heterocycles. The zero-order valence-electron chi connectivity index (χ0n) is 12.4. The van der Waals surface area contributed by atoms with Crippen LogP contribution in [0, 0.1) is 11.7 Å². The lowest BCUT2D eigenvalue weighted by atomic mass is 9.87. The molecule has 1 aliphatic rings. The van der Waals surface area contributed by atoms with Crippen LogP contribution in [0.4, 0.5) is 4.39 Å². The van der Waals surface area contributed by atoms with Crippen LogP contribution in [0.3, 0.4) is 0 Å². The zero-order valence-corrected chi connectivity index (χ0v) is 13.2. The summed E-state index contributed by atoms with van der Waals surface area (Å²) in [5, 5.41) is 8.97. The summed E-state index contributed by atoms with van der Waals surface area (Å²) in [7, 11) is -2.31. The Morgan fingerprint density at radius 1 is 1.29 bits per heavy atom. The first kappa shape index (κ1) is 16.4. The molecular weight excluding hydrogens is 293 g/mol. The van der Waals surface area contributed by atoms with Crippen LogP contribution < -0.4 is 0 Å². The van der Waals surface area contributed by atoms with Gasteiger partial charge >= 0.3 is 0 Å². The molecule has 0 unspecified atom stereocenters. The molecule has 0 amide bonds. The van der Waals surface area contributed by atoms with Gasteiger partial charge in [-0.15, -0.1) is 0 Å². The predicted molar refractivity (Wildman–Crippen MR) is 78.7 cm³/mol. The Hall–Kier alpha value is -0.980. The first-order valence-corrected chi connectivity index (χ1v) is 8.67. The van der Waals surface area contributed by atoms with Gasteiger partial charge in [0.2, 0.25) is 10.0 Å². The van der Waals surface area contributed by atoms with Gasteiger partial charge in [-0.25, -0.2) is 12.8 Å². The number of halogens is 1. The van der Waals surface area contributed by atoms with E-state index in [9.17, 15) is 12.8 Å². The topological polar surface area (TPSA) is 57.6 Å². The van der Waals surface area contributed by atoms with Crippen LogP contribution in [0.1, 0.15) is 38.2 Å². The van der Waals surface area contributed by atoms with Gasteiger partial charge in [-0.2, -0.15) is 4.31 Å². The molecular formula is C15H22FNO3S. The lowest BCUT2D eigenvalue weighted by molar-refractivity contribution is 0.245. The van der Waals surface area contributed by atoms with E-state index >= 15 is 0 Å². The number of rotatable bonds is 4. The third-order valence-electron chi connectivity index (χ3n) is 4.34. The van der Waals surface area contributed by atoms with Gasteiger partial charge in [0.05, 0.1) is 6.61 Å². The maximum absolute atomic E-state index is 14.0. The molecule has 0 aliphatic heterocycles. The van der Waals surface area contributed by atoms with Crippen molar-refractivity contribution in [2.24, 2.45) is 5.92 Å². The molecule has 0 saturated heterocycles. The fraction of sp³-hybridized carbons (Fsp3) is 0.600. The molecule has 118 valence electrons. The van der Waals surface area contributed by atoms with Gasteiger partial charge in [-0.3, -0.25) is 0 Å². The average Bonchev–Trinajstić information content (AvgIpc) is 2.46. The van der Waals surface area contributed by atoms with Crippen LogP contribution in [0.5, 0.6) is 0 Å². The summed E-state index contributed by atoms with van der Waals surface area (Å²) in [6.07, 6.45) is 3.62. The highest BCUT2D eigenvalue weighted by molar-refractivity contribution is 7.89. The lowest BCUT2D eigenvalue weighted by Crippen LogP contribution is -2.39. The van der Waals surface area contributed by atoms with Gasteiger partial charge in [0, 0.05) is 13.1 Å². The molecule has 1 saturated carbocycles. The molecule has 2 rings (SSSR count). The Bertz CT molecular complexity index is 595. The van der Waals surface area contributed by atoms with Gasteiger partial charge in [0.25, 0.3) is 0 Å². The maximum atomic E-state index is 14.0. The van der Waals surface area contributed by atoms with E-state index in [0.29, 0.717) is 11.5 Å². The zero-order chi connectivity index (χ0) is 15.6. The number of hydrogen-bond acceptors (Lipinski definition) is 3. The number of benzene rings is 1. The summed E-state index contributed by atoms with van der Waals surface area (Å²) in [4.78, 5) is -0.319. The summed E-state index contributed by atoms with van der Waals surface area (Å²) >= 11 is 0. The van der Waals surface area contributed by atoms with E-state index in [4.69, 9.17) is 5.11 Å². The largest absolute Gasteiger partial charge is 0.392 e. The van der Waals surface area contributed by atoms with Crippen molar-refractivity contribution in [3.63, 3.8) is 0 Å². The van der Waals surface area contributed by atoms with Crippen molar-refractivity contribution in [3.05, 3.63) is 29.6 Å². The second kappa shape index (κ2) is 6.42. The molecule has 0 spiro atoms. The molecule has 0 atom stereocenters. The van der Waals surface area contributed by atoms with Crippen molar-refractivity contribution in [2.45, 2.75) is 50.2 Å². The van der Waals surface area contributed by atoms with Crippen LogP contribution in [0.15, 0.2) is 23.1 Å². The molecule has 4 nitrogen and oxygen atoms in total. The van der Waals surface area contributed by atoms with E-state index in [-0.39, 0.29) is 17.5 Å². The molecule has 6 heteroatoms. The summed E-state index contributed by atoms with van der Waals surface area (Å²) in [5.41, 5.74) is 0.362. The molecule has 1 aromatic carbocycles. The van der Waals surface area contributed by atoms with E-state index in [2.05, 4.69) is 6.92 Å². The highest BCUT2D eigenvalue weighted by Crippen LogP contribution is 2.30. The van der Waals surface area contributed by atoms with E-state index in [1.807, 2.05) is 0 Å². The van der Waals surface area contributed by atoms with Crippen LogP contribution >= 0.6 is 0 Å². The number of aliphatic hydroxyl groups is 1. The number of nitrogens with zero attached hydrogens (tertiary/aromatic N) is 1. The minimum atomic E-state index is -3.84. The Labute approximate surface area is 125 Å². The van der Waals surface area contributed by atoms with E-state index in [0.717, 1.165) is 31.7 Å². The fourth-order valence-corrected chi connectivity index (χ4v) is 4.27. The van der Waals surface area contributed by atoms with E-state index in [1.54, 1.807) is 0 Å². The third kappa shape index (κ3) is 3.44. The van der Waals surface area contributed by atoms with Crippen molar-refractivity contribution in [2.75, 3.05) is 7.05 Å². The quantitative estimate of drug-likeness (QED) is 0.929. The van der Waals surface area contributed by atoms with Gasteiger partial charge in [0.15, 0.2) is 0 Å². The molecule has 1 N–H and O–H groups in total. The van der Waals surface area contributed by atoms with Crippen molar-refractivity contribution >= 4 is 10.0 Å². The van der Waals surface area contributed by atoms with Gasteiger partial charge < -0.3 is 5.11 Å². The van der Waals surface area contributed by atoms with Crippen molar-refractivity contribution in [1.29, 1.82) is 0 Å². The van der Waals surface area contributed by atoms with Crippen LogP contribution in [0.2, 0.25) is 0 Å². The fourth-order valence-electron chi connectivity index (χ4n) is 2.81. The summed E-state index contributed by atoms with van der Waals surface area (Å²) in [6.45, 7) is 1.85. The van der Waals surface area contributed by atoms with Crippen molar-refractivity contribution < 1.29 is 17.9 Å². The Morgan fingerprint density at radius 3 is 2.43 bits per heavy atom. The molecule has 0 aromatic heterocycles. The van der Waals surface area contributed by atoms with Crippen molar-refractivity contribution in [1.82, 2.24) is 4.31 Å². The molecule has 0 bridgehead atoms. The smallest absolute Gasteiger partial charge is 0.245 e. The molecule has 1 fully saturated rings. The first-order chi connectivity index (χ1) is 9.86. The minimum Gasteiger partial charge on any atom is -0.392 e. The normalized spacial score (nSPS) is 23.5. The van der Waals surface area contributed by atoms with E-state index < -0.39 is 15.8 Å². The predicted octanol–water partition coefficient (Wildman–Crippen LogP) is 2.52. The second-order valence-electron chi connectivity index (χ2n) is 5.86. The van der Waals surface area contributed by atoms with E-state index in [1.165, 1.54) is 23.5 Å². The molecule has 1 aliphatic carbocycles. The number of hydrogen-bond donors (Lipinski definition) is 1. The van der Waals surface area contributed by atoms with Crippen LogP contribution in [-0.2, 0) is 16.6 Å².